The molecule has 2 aromatic rings. The maximum atomic E-state index is 13.7. The molecule has 0 aliphatic carbocycles. The molecule has 2 amide bonds. The second-order valence-corrected chi connectivity index (χ2v) is 10.5. The van der Waals surface area contributed by atoms with Crippen molar-refractivity contribution in [2.45, 2.75) is 56.5 Å². The Morgan fingerprint density at radius 1 is 0.889 bits per heavy atom. The number of β-amino-alcohol motifs (C(OH)–C–C–N with tert-alkyl or cyclic N) is 1. The Hall–Kier alpha value is -2.81. The van der Waals surface area contributed by atoms with E-state index < -0.39 is 6.10 Å². The van der Waals surface area contributed by atoms with Gasteiger partial charge in [-0.1, -0.05) is 6.07 Å². The van der Waals surface area contributed by atoms with Crippen molar-refractivity contribution in [1.29, 1.82) is 0 Å². The number of rotatable bonds is 3. The maximum absolute atomic E-state index is 13.7. The zero-order valence-electron chi connectivity index (χ0n) is 20.3. The minimum absolute atomic E-state index is 0.00372. The fourth-order valence-corrected chi connectivity index (χ4v) is 6.41. The summed E-state index contributed by atoms with van der Waals surface area (Å²) in [6.45, 7) is 3.42. The zero-order valence-corrected chi connectivity index (χ0v) is 20.3. The van der Waals surface area contributed by atoms with Gasteiger partial charge >= 0.3 is 0 Å². The molecular weight excluding hydrogens is 461 g/mol. The van der Waals surface area contributed by atoms with Crippen LogP contribution in [0.25, 0.3) is 0 Å². The lowest BCUT2D eigenvalue weighted by Crippen LogP contribution is -2.56. The molecule has 3 saturated heterocycles. The van der Waals surface area contributed by atoms with Gasteiger partial charge in [-0.05, 0) is 73.2 Å². The molecule has 2 bridgehead atoms. The van der Waals surface area contributed by atoms with Gasteiger partial charge in [0.25, 0.3) is 11.8 Å². The zero-order chi connectivity index (χ0) is 24.8. The Morgan fingerprint density at radius 3 is 2.28 bits per heavy atom. The highest BCUT2D eigenvalue weighted by Gasteiger charge is 2.41. The van der Waals surface area contributed by atoms with Crippen LogP contribution in [-0.2, 0) is 17.7 Å². The summed E-state index contributed by atoms with van der Waals surface area (Å²) < 4.78 is 19.3. The van der Waals surface area contributed by atoms with E-state index in [9.17, 15) is 19.1 Å². The second-order valence-electron chi connectivity index (χ2n) is 10.5. The number of benzene rings is 2. The molecule has 1 N–H and O–H groups in total. The average molecular weight is 494 g/mol. The summed E-state index contributed by atoms with van der Waals surface area (Å²) in [6, 6.07) is 12.1. The number of piperidine rings is 1. The van der Waals surface area contributed by atoms with E-state index in [1.54, 1.807) is 35.2 Å². The van der Waals surface area contributed by atoms with E-state index in [0.29, 0.717) is 43.9 Å². The average Bonchev–Trinajstić information content (AvgIpc) is 3.15. The van der Waals surface area contributed by atoms with Crippen LogP contribution in [-0.4, -0.2) is 88.7 Å². The number of carbonyl (C=O) groups is 2. The van der Waals surface area contributed by atoms with E-state index in [1.807, 2.05) is 11.0 Å². The number of likely N-dealkylation sites (tertiary alicyclic amines) is 1. The van der Waals surface area contributed by atoms with Crippen molar-refractivity contribution in [3.05, 3.63) is 70.5 Å². The van der Waals surface area contributed by atoms with E-state index in [4.69, 9.17) is 4.74 Å². The number of nitrogens with zero attached hydrogens (tertiary/aromatic N) is 3. The lowest BCUT2D eigenvalue weighted by atomic mass is 9.93. The van der Waals surface area contributed by atoms with Crippen molar-refractivity contribution in [2.24, 2.45) is 0 Å². The molecule has 4 aliphatic rings. The van der Waals surface area contributed by atoms with Crippen LogP contribution >= 0.6 is 0 Å². The topological polar surface area (TPSA) is 73.3 Å². The largest absolute Gasteiger partial charge is 0.390 e. The molecule has 36 heavy (non-hydrogen) atoms. The van der Waals surface area contributed by atoms with Gasteiger partial charge in [-0.25, -0.2) is 4.39 Å². The molecule has 0 radical (unpaired) electrons. The summed E-state index contributed by atoms with van der Waals surface area (Å²) >= 11 is 0. The number of aliphatic hydroxyl groups excluding tert-OH is 1. The van der Waals surface area contributed by atoms with Crippen molar-refractivity contribution >= 4 is 11.8 Å². The molecule has 8 heteroatoms. The normalized spacial score (nSPS) is 28.2. The number of morpholine rings is 1. The van der Waals surface area contributed by atoms with Crippen LogP contribution in [0.15, 0.2) is 42.5 Å². The molecule has 4 atom stereocenters. The van der Waals surface area contributed by atoms with Crippen LogP contribution in [0.5, 0.6) is 0 Å². The molecule has 4 aliphatic heterocycles. The summed E-state index contributed by atoms with van der Waals surface area (Å²) in [5, 5.41) is 10.9. The van der Waals surface area contributed by atoms with Crippen molar-refractivity contribution in [3.8, 4) is 0 Å². The summed E-state index contributed by atoms with van der Waals surface area (Å²) in [4.78, 5) is 32.1. The van der Waals surface area contributed by atoms with Gasteiger partial charge in [0.2, 0.25) is 0 Å². The highest BCUT2D eigenvalue weighted by molar-refractivity contribution is 5.98. The quantitative estimate of drug-likeness (QED) is 0.711. The van der Waals surface area contributed by atoms with Crippen LogP contribution in [0.2, 0.25) is 0 Å². The molecule has 6 rings (SSSR count). The Bertz CT molecular complexity index is 1140. The third-order valence-corrected chi connectivity index (χ3v) is 8.37. The monoisotopic (exact) mass is 493 g/mol. The molecule has 0 spiro atoms. The summed E-state index contributed by atoms with van der Waals surface area (Å²) in [5.41, 5.74) is 3.25. The third-order valence-electron chi connectivity index (χ3n) is 8.37. The van der Waals surface area contributed by atoms with Gasteiger partial charge in [-0.3, -0.25) is 14.5 Å². The van der Waals surface area contributed by atoms with Gasteiger partial charge in [0, 0.05) is 43.3 Å². The Labute approximate surface area is 210 Å². The number of hydrogen-bond donors (Lipinski definition) is 1. The first-order chi connectivity index (χ1) is 17.5. The van der Waals surface area contributed by atoms with Crippen molar-refractivity contribution in [3.63, 3.8) is 0 Å². The number of carbonyl (C=O) groups excluding carboxylic acids is 2. The number of fused-ring (bicyclic) bond motifs is 3. The van der Waals surface area contributed by atoms with E-state index in [-0.39, 0.29) is 42.3 Å². The van der Waals surface area contributed by atoms with Crippen molar-refractivity contribution in [2.75, 3.05) is 32.8 Å². The van der Waals surface area contributed by atoms with Gasteiger partial charge < -0.3 is 19.6 Å². The Balaban J connectivity index is 1.08. The van der Waals surface area contributed by atoms with Gasteiger partial charge in [0.05, 0.1) is 31.4 Å². The smallest absolute Gasteiger partial charge is 0.254 e. The SMILES string of the molecule is O=C(c1ccc(C(=O)N2C3CCC2COC3)cc1)N1CC[C@H](N2CCc3ccc(F)cc3C2)[C@@H](O)C1. The van der Waals surface area contributed by atoms with Gasteiger partial charge in [0.1, 0.15) is 5.82 Å². The number of hydrogen-bond acceptors (Lipinski definition) is 5. The van der Waals surface area contributed by atoms with Gasteiger partial charge in [0.15, 0.2) is 0 Å². The molecule has 3 fully saturated rings. The van der Waals surface area contributed by atoms with E-state index in [0.717, 1.165) is 36.9 Å². The van der Waals surface area contributed by atoms with Crippen LogP contribution in [0.1, 0.15) is 51.1 Å². The molecule has 7 nitrogen and oxygen atoms in total. The predicted octanol–water partition coefficient (Wildman–Crippen LogP) is 2.46. The lowest BCUT2D eigenvalue weighted by molar-refractivity contribution is -0.0137. The number of halogens is 1. The van der Waals surface area contributed by atoms with E-state index in [1.165, 1.54) is 6.07 Å². The van der Waals surface area contributed by atoms with E-state index >= 15 is 0 Å². The first-order valence-corrected chi connectivity index (χ1v) is 13.0. The fraction of sp³-hybridized carbons (Fsp3) is 0.500. The molecule has 190 valence electrons. The number of amides is 2. The number of ether oxygens (including phenoxy) is 1. The fourth-order valence-electron chi connectivity index (χ4n) is 6.41. The molecule has 2 aromatic carbocycles. The van der Waals surface area contributed by atoms with Crippen LogP contribution < -0.4 is 0 Å². The highest BCUT2D eigenvalue weighted by atomic mass is 19.1. The van der Waals surface area contributed by atoms with Gasteiger partial charge in [-0.2, -0.15) is 0 Å². The molecular formula is C28H32FN3O4. The minimum atomic E-state index is -0.671. The maximum Gasteiger partial charge on any atom is 0.254 e. The first-order valence-electron chi connectivity index (χ1n) is 13.0. The molecule has 0 saturated carbocycles. The summed E-state index contributed by atoms with van der Waals surface area (Å²) in [5.74, 6) is -0.366. The van der Waals surface area contributed by atoms with Crippen molar-refractivity contribution < 1.29 is 23.8 Å². The minimum Gasteiger partial charge on any atom is -0.390 e. The second kappa shape index (κ2) is 9.57. The highest BCUT2D eigenvalue weighted by Crippen LogP contribution is 2.31. The van der Waals surface area contributed by atoms with Crippen LogP contribution in [0, 0.1) is 5.82 Å². The molecule has 2 unspecified atom stereocenters. The first kappa shape index (κ1) is 23.6. The Kier molecular flexibility index (Phi) is 6.27. The molecule has 0 aromatic heterocycles. The Morgan fingerprint density at radius 2 is 1.58 bits per heavy atom. The third kappa shape index (κ3) is 4.31. The summed E-state index contributed by atoms with van der Waals surface area (Å²) in [6.07, 6.45) is 2.78. The lowest BCUT2D eigenvalue weighted by Gasteiger charge is -2.43. The predicted molar refractivity (Wildman–Crippen MR) is 131 cm³/mol. The van der Waals surface area contributed by atoms with E-state index in [2.05, 4.69) is 4.90 Å². The van der Waals surface area contributed by atoms with Crippen molar-refractivity contribution in [1.82, 2.24) is 14.7 Å². The van der Waals surface area contributed by atoms with Gasteiger partial charge in [-0.15, -0.1) is 0 Å². The standard InChI is InChI=1S/C28H32FN3O4/c29-22-6-5-18-9-11-30(14-21(18)13-22)25-10-12-31(15-26(25)33)27(34)19-1-3-20(4-2-19)28(35)32-23-7-8-24(32)17-36-16-23/h1-6,13,23-26,33H,7-12,14-17H2/t23?,24?,25-,26-/m0/s1. The summed E-state index contributed by atoms with van der Waals surface area (Å²) in [7, 11) is 0. The van der Waals surface area contributed by atoms with Crippen LogP contribution in [0.3, 0.4) is 0 Å². The van der Waals surface area contributed by atoms with Crippen LogP contribution in [0.4, 0.5) is 4.39 Å². The number of aliphatic hydroxyl groups is 1. The molecule has 4 heterocycles.